The predicted octanol–water partition coefficient (Wildman–Crippen LogP) is 1.69. The van der Waals surface area contributed by atoms with Gasteiger partial charge < -0.3 is 15.0 Å². The first-order chi connectivity index (χ1) is 13.1. The van der Waals surface area contributed by atoms with Gasteiger partial charge in [0.25, 0.3) is 5.91 Å². The number of rotatable bonds is 4. The number of hydrogen-bond donors (Lipinski definition) is 1. The monoisotopic (exact) mass is 364 g/mol. The molecule has 6 heteroatoms. The smallest absolute Gasteiger partial charge is 0.339 e. The quantitative estimate of drug-likeness (QED) is 0.838. The van der Waals surface area contributed by atoms with Crippen LogP contribution in [0.15, 0.2) is 54.6 Å². The maximum absolute atomic E-state index is 12.6. The van der Waals surface area contributed by atoms with Gasteiger partial charge in [0.1, 0.15) is 6.04 Å². The van der Waals surface area contributed by atoms with Crippen molar-refractivity contribution >= 4 is 17.8 Å². The molecule has 1 N–H and O–H groups in total. The number of benzene rings is 2. The molecule has 2 aromatic rings. The zero-order valence-corrected chi connectivity index (χ0v) is 14.8. The molecule has 0 radical (unpaired) electrons. The number of ether oxygens (including phenoxy) is 1. The van der Waals surface area contributed by atoms with Gasteiger partial charge in [-0.2, -0.15) is 0 Å². The number of amides is 2. The van der Waals surface area contributed by atoms with E-state index in [1.54, 1.807) is 17.0 Å². The molecule has 0 bridgehead atoms. The molecule has 138 valence electrons. The minimum atomic E-state index is -0.900. The minimum absolute atomic E-state index is 0.102. The van der Waals surface area contributed by atoms with Crippen LogP contribution in [0.1, 0.15) is 27.9 Å². The van der Waals surface area contributed by atoms with E-state index in [9.17, 15) is 14.4 Å². The number of likely N-dealkylation sites (tertiary alicyclic amines) is 1. The topological polar surface area (TPSA) is 75.7 Å². The summed E-state index contributed by atoms with van der Waals surface area (Å²) >= 11 is 0. The predicted molar refractivity (Wildman–Crippen MR) is 97.8 cm³/mol. The average Bonchev–Trinajstić information content (AvgIpc) is 3.02. The van der Waals surface area contributed by atoms with Gasteiger partial charge in [0.15, 0.2) is 6.10 Å². The summed E-state index contributed by atoms with van der Waals surface area (Å²) in [4.78, 5) is 39.0. The third-order valence-corrected chi connectivity index (χ3v) is 5.01. The lowest BCUT2D eigenvalue weighted by Crippen LogP contribution is -2.48. The molecule has 6 nitrogen and oxygen atoms in total. The van der Waals surface area contributed by atoms with E-state index < -0.39 is 24.0 Å². The standard InChI is InChI=1S/C21H20N2O4/c24-19(18-12-15-8-4-5-9-16(15)21(26)27-18)22-17-10-11-23(20(17)25)13-14-6-2-1-3-7-14/h1-9,17-18H,10-13H2,(H,22,24)/t17-,18-/m1/s1. The Hall–Kier alpha value is -3.15. The number of nitrogens with zero attached hydrogens (tertiary/aromatic N) is 1. The van der Waals surface area contributed by atoms with Gasteiger partial charge in [-0.15, -0.1) is 0 Å². The summed E-state index contributed by atoms with van der Waals surface area (Å²) in [5, 5.41) is 2.76. The van der Waals surface area contributed by atoms with Gasteiger partial charge in [0.2, 0.25) is 5.91 Å². The summed E-state index contributed by atoms with van der Waals surface area (Å²) in [5.41, 5.74) is 2.33. The first kappa shape index (κ1) is 17.3. The SMILES string of the molecule is O=C1O[C@@H](C(=O)N[C@@H]2CCN(Cc3ccccc3)C2=O)Cc2ccccc21. The van der Waals surface area contributed by atoms with Gasteiger partial charge in [-0.1, -0.05) is 48.5 Å². The Bertz CT molecular complexity index is 881. The van der Waals surface area contributed by atoms with Crippen LogP contribution in [0.3, 0.4) is 0 Å². The largest absolute Gasteiger partial charge is 0.448 e. The van der Waals surface area contributed by atoms with E-state index in [4.69, 9.17) is 4.74 Å². The highest BCUT2D eigenvalue weighted by Crippen LogP contribution is 2.21. The molecule has 0 spiro atoms. The number of esters is 1. The summed E-state index contributed by atoms with van der Waals surface area (Å²) in [6.07, 6.45) is -0.0276. The highest BCUT2D eigenvalue weighted by Gasteiger charge is 2.37. The number of fused-ring (bicyclic) bond motifs is 1. The van der Waals surface area contributed by atoms with Crippen molar-refractivity contribution in [3.63, 3.8) is 0 Å². The third-order valence-electron chi connectivity index (χ3n) is 5.01. The van der Waals surface area contributed by atoms with E-state index in [1.165, 1.54) is 0 Å². The normalized spacial score (nSPS) is 21.6. The van der Waals surface area contributed by atoms with Gasteiger partial charge in [0.05, 0.1) is 5.56 Å². The minimum Gasteiger partial charge on any atom is -0.448 e. The Labute approximate surface area is 157 Å². The van der Waals surface area contributed by atoms with E-state index in [1.807, 2.05) is 42.5 Å². The van der Waals surface area contributed by atoms with Crippen LogP contribution >= 0.6 is 0 Å². The van der Waals surface area contributed by atoms with E-state index in [0.29, 0.717) is 31.5 Å². The molecule has 0 saturated carbocycles. The Morgan fingerprint density at radius 1 is 1.07 bits per heavy atom. The Balaban J connectivity index is 1.38. The van der Waals surface area contributed by atoms with Gasteiger partial charge in [-0.25, -0.2) is 4.79 Å². The van der Waals surface area contributed by atoms with Gasteiger partial charge in [-0.05, 0) is 23.6 Å². The fraction of sp³-hybridized carbons (Fsp3) is 0.286. The summed E-state index contributed by atoms with van der Waals surface area (Å²) in [6.45, 7) is 1.11. The highest BCUT2D eigenvalue weighted by molar-refractivity contribution is 5.97. The van der Waals surface area contributed by atoms with Crippen molar-refractivity contribution in [2.45, 2.75) is 31.5 Å². The van der Waals surface area contributed by atoms with Gasteiger partial charge >= 0.3 is 5.97 Å². The van der Waals surface area contributed by atoms with E-state index in [0.717, 1.165) is 11.1 Å². The molecule has 2 aliphatic heterocycles. The van der Waals surface area contributed by atoms with Crippen LogP contribution in [-0.4, -0.2) is 41.4 Å². The lowest BCUT2D eigenvalue weighted by Gasteiger charge is -2.25. The lowest BCUT2D eigenvalue weighted by atomic mass is 9.98. The molecular formula is C21H20N2O4. The van der Waals surface area contributed by atoms with Crippen molar-refractivity contribution in [2.24, 2.45) is 0 Å². The number of hydrogen-bond acceptors (Lipinski definition) is 4. The number of cyclic esters (lactones) is 1. The first-order valence-corrected chi connectivity index (χ1v) is 9.04. The summed E-state index contributed by atoms with van der Waals surface area (Å²) < 4.78 is 5.27. The zero-order chi connectivity index (χ0) is 18.8. The fourth-order valence-corrected chi connectivity index (χ4v) is 3.58. The second-order valence-electron chi connectivity index (χ2n) is 6.85. The van der Waals surface area contributed by atoms with Crippen LogP contribution in [0.4, 0.5) is 0 Å². The third kappa shape index (κ3) is 3.56. The van der Waals surface area contributed by atoms with Crippen LogP contribution in [-0.2, 0) is 27.3 Å². The molecule has 4 rings (SSSR count). The van der Waals surface area contributed by atoms with E-state index >= 15 is 0 Å². The lowest BCUT2D eigenvalue weighted by molar-refractivity contribution is -0.136. The number of carbonyl (C=O) groups excluding carboxylic acids is 3. The molecule has 2 atom stereocenters. The summed E-state index contributed by atoms with van der Waals surface area (Å²) in [7, 11) is 0. The van der Waals surface area contributed by atoms with Crippen LogP contribution in [0.25, 0.3) is 0 Å². The van der Waals surface area contributed by atoms with Gasteiger partial charge in [-0.3, -0.25) is 9.59 Å². The van der Waals surface area contributed by atoms with Crippen LogP contribution in [0.2, 0.25) is 0 Å². The van der Waals surface area contributed by atoms with Crippen molar-refractivity contribution in [3.8, 4) is 0 Å². The van der Waals surface area contributed by atoms with Crippen LogP contribution < -0.4 is 5.32 Å². The molecule has 1 saturated heterocycles. The molecule has 27 heavy (non-hydrogen) atoms. The van der Waals surface area contributed by atoms with E-state index in [2.05, 4.69) is 5.32 Å². The molecule has 0 aromatic heterocycles. The number of carbonyl (C=O) groups is 3. The van der Waals surface area contributed by atoms with E-state index in [-0.39, 0.29) is 5.91 Å². The zero-order valence-electron chi connectivity index (χ0n) is 14.8. The van der Waals surface area contributed by atoms with Crippen molar-refractivity contribution in [2.75, 3.05) is 6.54 Å². The molecule has 0 aliphatic carbocycles. The Kier molecular flexibility index (Phi) is 4.62. The molecule has 2 aromatic carbocycles. The van der Waals surface area contributed by atoms with Crippen LogP contribution in [0, 0.1) is 0 Å². The van der Waals surface area contributed by atoms with Crippen molar-refractivity contribution in [3.05, 3.63) is 71.3 Å². The Morgan fingerprint density at radius 3 is 2.63 bits per heavy atom. The first-order valence-electron chi connectivity index (χ1n) is 9.04. The van der Waals surface area contributed by atoms with Crippen LogP contribution in [0.5, 0.6) is 0 Å². The molecule has 1 fully saturated rings. The second-order valence-corrected chi connectivity index (χ2v) is 6.85. The maximum Gasteiger partial charge on any atom is 0.339 e. The molecule has 0 unspecified atom stereocenters. The fourth-order valence-electron chi connectivity index (χ4n) is 3.58. The number of nitrogens with one attached hydrogen (secondary N) is 1. The maximum atomic E-state index is 12.6. The van der Waals surface area contributed by atoms with Crippen molar-refractivity contribution in [1.29, 1.82) is 0 Å². The Morgan fingerprint density at radius 2 is 1.81 bits per heavy atom. The van der Waals surface area contributed by atoms with Crippen molar-refractivity contribution < 1.29 is 19.1 Å². The second kappa shape index (κ2) is 7.23. The van der Waals surface area contributed by atoms with Crippen molar-refractivity contribution in [1.82, 2.24) is 10.2 Å². The average molecular weight is 364 g/mol. The summed E-state index contributed by atoms with van der Waals surface area (Å²) in [6, 6.07) is 16.3. The van der Waals surface area contributed by atoms with Gasteiger partial charge in [0, 0.05) is 19.5 Å². The highest BCUT2D eigenvalue weighted by atomic mass is 16.5. The molecule has 2 heterocycles. The molecular weight excluding hydrogens is 344 g/mol. The summed E-state index contributed by atoms with van der Waals surface area (Å²) in [5.74, 6) is -1.02. The molecule has 2 amide bonds. The molecule has 2 aliphatic rings.